The number of carbonyl (C=O) groups is 3. The van der Waals surface area contributed by atoms with E-state index in [0.717, 1.165) is 12.2 Å². The molecule has 38 heavy (non-hydrogen) atoms. The predicted octanol–water partition coefficient (Wildman–Crippen LogP) is -0.0281. The zero-order chi connectivity index (χ0) is 27.1. The van der Waals surface area contributed by atoms with Crippen molar-refractivity contribution in [2.45, 2.75) is 5.60 Å². The van der Waals surface area contributed by atoms with Crippen LogP contribution in [0.2, 0.25) is 0 Å². The number of aliphatic carboxylic acids is 3. The Bertz CT molecular complexity index is 1210. The van der Waals surface area contributed by atoms with Gasteiger partial charge in [-0.1, -0.05) is 60.7 Å². The number of carboxylic acid groups (broad SMARTS) is 3. The van der Waals surface area contributed by atoms with E-state index in [1.54, 1.807) is 73.1 Å². The molecule has 2 heterocycles. The Hall–Kier alpha value is -4.77. The van der Waals surface area contributed by atoms with Gasteiger partial charge in [-0.05, 0) is 35.4 Å². The van der Waals surface area contributed by atoms with E-state index in [2.05, 4.69) is 19.9 Å². The zero-order valence-corrected chi connectivity index (χ0v) is 21.3. The number of nitrogens with zero attached hydrogens (tertiary/aromatic N) is 2. The van der Waals surface area contributed by atoms with Gasteiger partial charge in [0.05, 0.1) is 36.0 Å². The summed E-state index contributed by atoms with van der Waals surface area (Å²) in [6.45, 7) is 0. The van der Waals surface area contributed by atoms with Crippen molar-refractivity contribution in [1.29, 1.82) is 0 Å². The van der Waals surface area contributed by atoms with Gasteiger partial charge in [-0.25, -0.2) is 14.8 Å². The van der Waals surface area contributed by atoms with Gasteiger partial charge in [-0.3, -0.25) is 0 Å². The molecule has 0 fully saturated rings. The number of H-pyrrole nitrogens is 2. The molecular formula is C26H22N4O7Se. The van der Waals surface area contributed by atoms with Crippen molar-refractivity contribution in [2.75, 3.05) is 0 Å². The zero-order valence-electron chi connectivity index (χ0n) is 19.6. The number of imidazole rings is 2. The maximum absolute atomic E-state index is 11.4. The van der Waals surface area contributed by atoms with Crippen LogP contribution >= 0.6 is 0 Å². The average Bonchev–Trinajstić information content (AvgIpc) is 3.62. The first-order valence-corrected chi connectivity index (χ1v) is 10.6. The predicted molar refractivity (Wildman–Crippen MR) is 135 cm³/mol. The molecular weight excluding hydrogens is 559 g/mol. The van der Waals surface area contributed by atoms with Crippen LogP contribution in [0.5, 0.6) is 0 Å². The standard InChI is InChI=1S/C14H12O3.2C6H6N2O2.Se/c15-13(16)14(17,11-7-3-1-4-8-11)12-9-5-2-6-10-12;2*9-6(10)2-1-5-3-7-4-8-5;/h1-10,17H,(H,15,16);2*1-4H,(H,7,8)(H,9,10);/q;;;+2/p-2. The van der Waals surface area contributed by atoms with E-state index in [4.69, 9.17) is 0 Å². The van der Waals surface area contributed by atoms with Crippen LogP contribution in [0.25, 0.3) is 12.2 Å². The molecule has 0 spiro atoms. The first kappa shape index (κ1) is 31.3. The van der Waals surface area contributed by atoms with Crippen LogP contribution in [-0.2, 0) is 20.0 Å². The SMILES string of the molecule is O=C(O)C(O)(c1ccccc1)c1ccccc1.O=C([O-])C=Cc1c[nH]cn1.O=C([O-])C=Cc1c[nH]cn1.[Se+2]. The van der Waals surface area contributed by atoms with E-state index < -0.39 is 23.5 Å². The molecule has 4 aromatic rings. The molecule has 12 heteroatoms. The van der Waals surface area contributed by atoms with E-state index in [1.807, 2.05) is 0 Å². The van der Waals surface area contributed by atoms with Gasteiger partial charge < -0.3 is 40.0 Å². The second-order valence-corrected chi connectivity index (χ2v) is 7.04. The Kier molecular flexibility index (Phi) is 13.2. The fraction of sp³-hybridized carbons (Fsp3) is 0.0385. The Labute approximate surface area is 227 Å². The normalized spacial score (nSPS) is 10.4. The van der Waals surface area contributed by atoms with Crippen LogP contribution in [-0.4, -0.2) is 65.1 Å². The number of benzene rings is 2. The van der Waals surface area contributed by atoms with E-state index in [-0.39, 0.29) is 17.1 Å². The number of rotatable bonds is 7. The summed E-state index contributed by atoms with van der Waals surface area (Å²) in [5.41, 5.74) is -0.159. The van der Waals surface area contributed by atoms with E-state index >= 15 is 0 Å². The Morgan fingerprint density at radius 2 is 1.11 bits per heavy atom. The average molecular weight is 581 g/mol. The molecule has 0 atom stereocenters. The van der Waals surface area contributed by atoms with Crippen LogP contribution in [0.3, 0.4) is 0 Å². The van der Waals surface area contributed by atoms with E-state index in [1.165, 1.54) is 24.8 Å². The molecule has 0 amide bonds. The molecule has 2 aromatic heterocycles. The summed E-state index contributed by atoms with van der Waals surface area (Å²) in [7, 11) is 0. The van der Waals surface area contributed by atoms with Crippen LogP contribution in [0.4, 0.5) is 0 Å². The van der Waals surface area contributed by atoms with Crippen molar-refractivity contribution >= 4 is 47.1 Å². The van der Waals surface area contributed by atoms with Gasteiger partial charge in [0.25, 0.3) is 0 Å². The summed E-state index contributed by atoms with van der Waals surface area (Å²) in [5, 5.41) is 39.4. The topological polar surface area (TPSA) is 195 Å². The minimum absolute atomic E-state index is 0. The van der Waals surface area contributed by atoms with Gasteiger partial charge in [-0.15, -0.1) is 0 Å². The van der Waals surface area contributed by atoms with Gasteiger partial charge in [0.1, 0.15) is 0 Å². The second-order valence-electron chi connectivity index (χ2n) is 7.04. The maximum atomic E-state index is 11.4. The number of aliphatic hydroxyl groups is 1. The van der Waals surface area contributed by atoms with Crippen molar-refractivity contribution in [1.82, 2.24) is 19.9 Å². The molecule has 0 aliphatic rings. The number of hydrogen-bond acceptors (Lipinski definition) is 8. The van der Waals surface area contributed by atoms with Crippen LogP contribution in [0, 0.1) is 0 Å². The van der Waals surface area contributed by atoms with Crippen LogP contribution in [0.1, 0.15) is 22.5 Å². The van der Waals surface area contributed by atoms with Gasteiger partial charge in [0.15, 0.2) is 0 Å². The molecule has 4 rings (SSSR count). The van der Waals surface area contributed by atoms with Crippen LogP contribution < -0.4 is 10.2 Å². The summed E-state index contributed by atoms with van der Waals surface area (Å²) in [5.74, 6) is -3.72. The minimum Gasteiger partial charge on any atom is -0.545 e. The number of carboxylic acids is 3. The molecule has 0 saturated carbocycles. The third kappa shape index (κ3) is 10.1. The molecule has 0 aliphatic carbocycles. The molecule has 4 radical (unpaired) electrons. The number of carbonyl (C=O) groups excluding carboxylic acids is 2. The first-order valence-electron chi connectivity index (χ1n) is 10.6. The van der Waals surface area contributed by atoms with Crippen molar-refractivity contribution in [3.63, 3.8) is 0 Å². The summed E-state index contributed by atoms with van der Waals surface area (Å²) >= 11 is 0. The summed E-state index contributed by atoms with van der Waals surface area (Å²) < 4.78 is 0. The van der Waals surface area contributed by atoms with Crippen molar-refractivity contribution in [2.24, 2.45) is 0 Å². The van der Waals surface area contributed by atoms with Gasteiger partial charge in [0.2, 0.25) is 5.60 Å². The van der Waals surface area contributed by atoms with Crippen molar-refractivity contribution in [3.05, 3.63) is 120 Å². The molecule has 0 bridgehead atoms. The number of aromatic amines is 2. The first-order chi connectivity index (χ1) is 17.7. The summed E-state index contributed by atoms with van der Waals surface area (Å²) in [4.78, 5) is 44.0. The van der Waals surface area contributed by atoms with Crippen molar-refractivity contribution in [3.8, 4) is 0 Å². The fourth-order valence-electron chi connectivity index (χ4n) is 2.80. The molecule has 194 valence electrons. The van der Waals surface area contributed by atoms with Crippen LogP contribution in [0.15, 0.2) is 97.9 Å². The molecule has 0 unspecified atom stereocenters. The minimum atomic E-state index is -2.00. The molecule has 2 aromatic carbocycles. The van der Waals surface area contributed by atoms with E-state index in [9.17, 15) is 34.8 Å². The largest absolute Gasteiger partial charge is 2.00 e. The quantitative estimate of drug-likeness (QED) is 0.171. The third-order valence-electron chi connectivity index (χ3n) is 4.51. The van der Waals surface area contributed by atoms with E-state index in [0.29, 0.717) is 22.5 Å². The van der Waals surface area contributed by atoms with Crippen molar-refractivity contribution < 1.29 is 34.8 Å². The second kappa shape index (κ2) is 16.1. The molecule has 11 nitrogen and oxygen atoms in total. The molecule has 0 aliphatic heterocycles. The number of aromatic nitrogens is 4. The Morgan fingerprint density at radius 1 is 0.737 bits per heavy atom. The molecule has 4 N–H and O–H groups in total. The van der Waals surface area contributed by atoms with Gasteiger partial charge >= 0.3 is 23.0 Å². The number of nitrogens with one attached hydrogen (secondary N) is 2. The summed E-state index contributed by atoms with van der Waals surface area (Å²) in [6, 6.07) is 16.7. The third-order valence-corrected chi connectivity index (χ3v) is 4.51. The van der Waals surface area contributed by atoms with Gasteiger partial charge in [0, 0.05) is 12.4 Å². The maximum Gasteiger partial charge on any atom is 2.00 e. The Balaban J connectivity index is 0.000000299. The van der Waals surface area contributed by atoms with Gasteiger partial charge in [-0.2, -0.15) is 0 Å². The number of hydrogen-bond donors (Lipinski definition) is 4. The molecule has 0 saturated heterocycles. The summed E-state index contributed by atoms with van der Waals surface area (Å²) in [6.07, 6.45) is 10.7. The Morgan fingerprint density at radius 3 is 1.37 bits per heavy atom. The monoisotopic (exact) mass is 582 g/mol. The smallest absolute Gasteiger partial charge is 0.545 e. The fourth-order valence-corrected chi connectivity index (χ4v) is 2.80.